The van der Waals surface area contributed by atoms with E-state index in [1.54, 1.807) is 54.6 Å². The first-order chi connectivity index (χ1) is 12.2. The van der Waals surface area contributed by atoms with E-state index in [0.29, 0.717) is 34.6 Å². The first-order valence-electron chi connectivity index (χ1n) is 7.56. The van der Waals surface area contributed by atoms with Crippen molar-refractivity contribution in [1.29, 1.82) is 0 Å². The molecule has 0 aliphatic rings. The number of rotatable bonds is 5. The van der Waals surface area contributed by atoms with Gasteiger partial charge >= 0.3 is 6.03 Å². The molecule has 1 aromatic heterocycles. The molecular formula is C18H16N4O3. The average Bonchev–Trinajstić information content (AvgIpc) is 3.02. The maximum Gasteiger partial charge on any atom is 0.327 e. The summed E-state index contributed by atoms with van der Waals surface area (Å²) < 4.78 is 5.45. The third-order valence-electron chi connectivity index (χ3n) is 3.40. The van der Waals surface area contributed by atoms with Gasteiger partial charge in [0.25, 0.3) is 5.91 Å². The highest BCUT2D eigenvalue weighted by Crippen LogP contribution is 2.24. The molecule has 0 fully saturated rings. The van der Waals surface area contributed by atoms with Gasteiger partial charge in [-0.25, -0.2) is 4.79 Å². The summed E-state index contributed by atoms with van der Waals surface area (Å²) >= 11 is 0. The van der Waals surface area contributed by atoms with E-state index < -0.39 is 11.9 Å². The Kier molecular flexibility index (Phi) is 4.75. The van der Waals surface area contributed by atoms with Crippen LogP contribution in [0.25, 0.3) is 10.9 Å². The number of amides is 3. The quantitative estimate of drug-likeness (QED) is 0.624. The van der Waals surface area contributed by atoms with Gasteiger partial charge in [0.2, 0.25) is 0 Å². The van der Waals surface area contributed by atoms with Crippen molar-refractivity contribution >= 4 is 28.7 Å². The Balaban J connectivity index is 1.69. The molecule has 25 heavy (non-hydrogen) atoms. The standard InChI is InChI=1S/C18H16N4O3/c1-2-10-25-13-8-9-14-15(11-13)21-22-16(14)19-18(24)20-17(23)12-6-4-3-5-7-12/h2-9,11H,1,10H2,(H3,19,20,21,22,23,24). The number of carbonyl (C=O) groups excluding carboxylic acids is 2. The van der Waals surface area contributed by atoms with Crippen molar-refractivity contribution in [2.45, 2.75) is 0 Å². The molecule has 3 rings (SSSR count). The van der Waals surface area contributed by atoms with Crippen LogP contribution in [-0.4, -0.2) is 28.7 Å². The molecule has 126 valence electrons. The van der Waals surface area contributed by atoms with Crippen molar-refractivity contribution in [1.82, 2.24) is 15.5 Å². The van der Waals surface area contributed by atoms with E-state index in [1.807, 2.05) is 0 Å². The summed E-state index contributed by atoms with van der Waals surface area (Å²) in [7, 11) is 0. The molecule has 7 nitrogen and oxygen atoms in total. The number of benzene rings is 2. The summed E-state index contributed by atoms with van der Waals surface area (Å²) in [5.74, 6) is 0.494. The molecule has 2 aromatic carbocycles. The van der Waals surface area contributed by atoms with E-state index in [2.05, 4.69) is 27.4 Å². The minimum absolute atomic E-state index is 0.323. The molecule has 3 aromatic rings. The smallest absolute Gasteiger partial charge is 0.327 e. The third kappa shape index (κ3) is 3.84. The maximum atomic E-state index is 12.0. The molecule has 0 aliphatic carbocycles. The number of anilines is 1. The van der Waals surface area contributed by atoms with Gasteiger partial charge in [-0.15, -0.1) is 0 Å². The molecule has 0 unspecified atom stereocenters. The lowest BCUT2D eigenvalue weighted by atomic mass is 10.2. The van der Waals surface area contributed by atoms with Gasteiger partial charge in [-0.2, -0.15) is 5.10 Å². The molecule has 0 saturated heterocycles. The van der Waals surface area contributed by atoms with Gasteiger partial charge in [0.05, 0.1) is 5.52 Å². The van der Waals surface area contributed by atoms with Crippen LogP contribution in [0.5, 0.6) is 5.75 Å². The normalized spacial score (nSPS) is 10.2. The number of ether oxygens (including phenoxy) is 1. The summed E-state index contributed by atoms with van der Waals surface area (Å²) in [4.78, 5) is 24.0. The second-order valence-electron chi connectivity index (χ2n) is 5.15. The number of fused-ring (bicyclic) bond motifs is 1. The van der Waals surface area contributed by atoms with Gasteiger partial charge in [-0.05, 0) is 24.3 Å². The van der Waals surface area contributed by atoms with Crippen LogP contribution in [-0.2, 0) is 0 Å². The molecular weight excluding hydrogens is 320 g/mol. The first-order valence-corrected chi connectivity index (χ1v) is 7.56. The second-order valence-corrected chi connectivity index (χ2v) is 5.15. The first kappa shape index (κ1) is 16.3. The van der Waals surface area contributed by atoms with Crippen molar-refractivity contribution in [3.63, 3.8) is 0 Å². The lowest BCUT2D eigenvalue weighted by Crippen LogP contribution is -2.34. The van der Waals surface area contributed by atoms with Gasteiger partial charge in [0.1, 0.15) is 12.4 Å². The molecule has 0 atom stereocenters. The van der Waals surface area contributed by atoms with Crippen LogP contribution in [0.1, 0.15) is 10.4 Å². The predicted octanol–water partition coefficient (Wildman–Crippen LogP) is 3.09. The van der Waals surface area contributed by atoms with Gasteiger partial charge in [0.15, 0.2) is 5.82 Å². The lowest BCUT2D eigenvalue weighted by molar-refractivity contribution is 0.0967. The van der Waals surface area contributed by atoms with Crippen LogP contribution >= 0.6 is 0 Å². The van der Waals surface area contributed by atoms with Crippen LogP contribution in [0.4, 0.5) is 10.6 Å². The fraction of sp³-hybridized carbons (Fsp3) is 0.0556. The van der Waals surface area contributed by atoms with Gasteiger partial charge in [0, 0.05) is 17.0 Å². The fourth-order valence-corrected chi connectivity index (χ4v) is 2.24. The fourth-order valence-electron chi connectivity index (χ4n) is 2.24. The third-order valence-corrected chi connectivity index (χ3v) is 3.40. The van der Waals surface area contributed by atoms with Crippen molar-refractivity contribution < 1.29 is 14.3 Å². The zero-order chi connectivity index (χ0) is 17.6. The molecule has 0 aliphatic heterocycles. The van der Waals surface area contributed by atoms with Crippen LogP contribution in [0.2, 0.25) is 0 Å². The SMILES string of the molecule is C=CCOc1ccc2c(NC(=O)NC(=O)c3ccccc3)n[nH]c2c1. The van der Waals surface area contributed by atoms with Gasteiger partial charge < -0.3 is 4.74 Å². The van der Waals surface area contributed by atoms with Gasteiger partial charge in [-0.3, -0.25) is 20.5 Å². The molecule has 7 heteroatoms. The summed E-state index contributed by atoms with van der Waals surface area (Å²) in [5.41, 5.74) is 1.10. The lowest BCUT2D eigenvalue weighted by Gasteiger charge is -2.05. The average molecular weight is 336 g/mol. The Morgan fingerprint density at radius 1 is 1.20 bits per heavy atom. The number of H-pyrrole nitrogens is 1. The maximum absolute atomic E-state index is 12.0. The number of hydrogen-bond donors (Lipinski definition) is 3. The highest BCUT2D eigenvalue weighted by atomic mass is 16.5. The van der Waals surface area contributed by atoms with E-state index in [4.69, 9.17) is 4.74 Å². The Labute approximate surface area is 143 Å². The van der Waals surface area contributed by atoms with Crippen LogP contribution in [0, 0.1) is 0 Å². The minimum atomic E-state index is -0.658. The number of imide groups is 1. The Bertz CT molecular complexity index is 918. The topological polar surface area (TPSA) is 96.1 Å². The summed E-state index contributed by atoms with van der Waals surface area (Å²) in [6.45, 7) is 3.99. The van der Waals surface area contributed by atoms with Crippen LogP contribution in [0.15, 0.2) is 61.2 Å². The van der Waals surface area contributed by atoms with E-state index in [-0.39, 0.29) is 0 Å². The number of nitrogens with zero attached hydrogens (tertiary/aromatic N) is 1. The highest BCUT2D eigenvalue weighted by molar-refractivity contribution is 6.09. The highest BCUT2D eigenvalue weighted by Gasteiger charge is 2.13. The number of urea groups is 1. The van der Waals surface area contributed by atoms with Crippen molar-refractivity contribution in [3.05, 3.63) is 66.7 Å². The van der Waals surface area contributed by atoms with E-state index in [0.717, 1.165) is 0 Å². The van der Waals surface area contributed by atoms with E-state index >= 15 is 0 Å². The molecule has 3 amide bonds. The summed E-state index contributed by atoms with van der Waals surface area (Å²) in [5, 5.41) is 12.4. The summed E-state index contributed by atoms with van der Waals surface area (Å²) in [6.07, 6.45) is 1.65. The molecule has 0 saturated carbocycles. The second kappa shape index (κ2) is 7.31. The van der Waals surface area contributed by atoms with Crippen molar-refractivity contribution in [2.75, 3.05) is 11.9 Å². The Morgan fingerprint density at radius 2 is 2.00 bits per heavy atom. The zero-order valence-electron chi connectivity index (χ0n) is 13.3. The molecule has 0 radical (unpaired) electrons. The molecule has 3 N–H and O–H groups in total. The number of hydrogen-bond acceptors (Lipinski definition) is 4. The van der Waals surface area contributed by atoms with E-state index in [9.17, 15) is 9.59 Å². The molecule has 1 heterocycles. The largest absolute Gasteiger partial charge is 0.489 e. The molecule has 0 spiro atoms. The van der Waals surface area contributed by atoms with Crippen molar-refractivity contribution in [2.24, 2.45) is 0 Å². The van der Waals surface area contributed by atoms with Crippen molar-refractivity contribution in [3.8, 4) is 5.75 Å². The number of carbonyl (C=O) groups is 2. The number of nitrogens with one attached hydrogen (secondary N) is 3. The molecule has 0 bridgehead atoms. The Morgan fingerprint density at radius 3 is 2.76 bits per heavy atom. The van der Waals surface area contributed by atoms with Crippen LogP contribution < -0.4 is 15.4 Å². The zero-order valence-corrected chi connectivity index (χ0v) is 13.3. The predicted molar refractivity (Wildman–Crippen MR) is 94.7 cm³/mol. The van der Waals surface area contributed by atoms with Crippen LogP contribution in [0.3, 0.4) is 0 Å². The number of aromatic nitrogens is 2. The minimum Gasteiger partial charge on any atom is -0.489 e. The monoisotopic (exact) mass is 336 g/mol. The Hall–Kier alpha value is -3.61. The van der Waals surface area contributed by atoms with Gasteiger partial charge in [-0.1, -0.05) is 30.9 Å². The number of aromatic amines is 1. The van der Waals surface area contributed by atoms with E-state index in [1.165, 1.54) is 0 Å². The summed E-state index contributed by atoms with van der Waals surface area (Å²) in [6, 6.07) is 13.1.